The minimum absolute atomic E-state index is 0.0544. The first-order valence-corrected chi connectivity index (χ1v) is 4.48. The Labute approximate surface area is 83.2 Å². The van der Waals surface area contributed by atoms with Crippen molar-refractivity contribution in [3.8, 4) is 0 Å². The summed E-state index contributed by atoms with van der Waals surface area (Å²) in [6, 6.07) is 0. The first kappa shape index (κ1) is 9.98. The lowest BCUT2D eigenvalue weighted by molar-refractivity contribution is -0.122. The third-order valence-corrected chi connectivity index (χ3v) is 1.99. The molecule has 13 heavy (non-hydrogen) atoms. The molecule has 72 valence electrons. The van der Waals surface area contributed by atoms with E-state index in [-0.39, 0.29) is 5.91 Å². The SMILES string of the molecule is CCN1C(=O)/C(=C/N(C)C)NC1=S. The molecule has 1 fully saturated rings. The predicted octanol–water partition coefficient (Wildman–Crippen LogP) is 0.126. The number of carbonyl (C=O) groups excluding carboxylic acids is 1. The van der Waals surface area contributed by atoms with Gasteiger partial charge in [-0.3, -0.25) is 9.69 Å². The number of amides is 1. The van der Waals surface area contributed by atoms with E-state index in [4.69, 9.17) is 12.2 Å². The van der Waals surface area contributed by atoms with Crippen molar-refractivity contribution in [2.45, 2.75) is 6.92 Å². The van der Waals surface area contributed by atoms with Gasteiger partial charge < -0.3 is 10.2 Å². The van der Waals surface area contributed by atoms with E-state index >= 15 is 0 Å². The number of nitrogens with one attached hydrogen (secondary N) is 1. The molecule has 0 saturated carbocycles. The number of likely N-dealkylation sites (N-methyl/N-ethyl adjacent to an activating group) is 1. The van der Waals surface area contributed by atoms with Gasteiger partial charge >= 0.3 is 0 Å². The lowest BCUT2D eigenvalue weighted by atomic mass is 10.4. The van der Waals surface area contributed by atoms with Crippen molar-refractivity contribution < 1.29 is 4.79 Å². The summed E-state index contributed by atoms with van der Waals surface area (Å²) in [5, 5.41) is 3.35. The predicted molar refractivity (Wildman–Crippen MR) is 54.9 cm³/mol. The number of nitrogens with zero attached hydrogens (tertiary/aromatic N) is 2. The maximum Gasteiger partial charge on any atom is 0.278 e. The van der Waals surface area contributed by atoms with Crippen molar-refractivity contribution in [1.82, 2.24) is 15.1 Å². The van der Waals surface area contributed by atoms with Gasteiger partial charge in [0.1, 0.15) is 5.70 Å². The van der Waals surface area contributed by atoms with E-state index in [0.717, 1.165) is 0 Å². The van der Waals surface area contributed by atoms with E-state index in [1.807, 2.05) is 25.9 Å². The van der Waals surface area contributed by atoms with Gasteiger partial charge in [0.05, 0.1) is 0 Å². The fourth-order valence-corrected chi connectivity index (χ4v) is 1.43. The molecule has 1 N–H and O–H groups in total. The Morgan fingerprint density at radius 1 is 1.62 bits per heavy atom. The van der Waals surface area contributed by atoms with Crippen LogP contribution in [0.3, 0.4) is 0 Å². The Morgan fingerprint density at radius 2 is 2.23 bits per heavy atom. The summed E-state index contributed by atoms with van der Waals surface area (Å²) in [7, 11) is 3.72. The zero-order valence-corrected chi connectivity index (χ0v) is 8.81. The van der Waals surface area contributed by atoms with E-state index in [2.05, 4.69) is 5.32 Å². The molecule has 0 bridgehead atoms. The lowest BCUT2D eigenvalue weighted by Crippen LogP contribution is -2.30. The average molecular weight is 199 g/mol. The molecule has 1 saturated heterocycles. The van der Waals surface area contributed by atoms with Gasteiger partial charge in [0.2, 0.25) is 0 Å². The van der Waals surface area contributed by atoms with Gasteiger partial charge in [-0.15, -0.1) is 0 Å². The number of carbonyl (C=O) groups is 1. The van der Waals surface area contributed by atoms with Crippen LogP contribution < -0.4 is 5.32 Å². The molecule has 0 aromatic carbocycles. The summed E-state index contributed by atoms with van der Waals surface area (Å²) in [5.41, 5.74) is 0.539. The maximum absolute atomic E-state index is 11.6. The van der Waals surface area contributed by atoms with Crippen LogP contribution in [0.15, 0.2) is 11.9 Å². The largest absolute Gasteiger partial charge is 0.382 e. The van der Waals surface area contributed by atoms with Crippen LogP contribution in [0.2, 0.25) is 0 Å². The fourth-order valence-electron chi connectivity index (χ4n) is 1.11. The fraction of sp³-hybridized carbons (Fsp3) is 0.500. The van der Waals surface area contributed by atoms with Crippen LogP contribution in [-0.2, 0) is 4.79 Å². The highest BCUT2D eigenvalue weighted by molar-refractivity contribution is 7.80. The van der Waals surface area contributed by atoms with E-state index in [1.54, 1.807) is 6.20 Å². The summed E-state index contributed by atoms with van der Waals surface area (Å²) < 4.78 is 0. The molecule has 4 nitrogen and oxygen atoms in total. The van der Waals surface area contributed by atoms with Crippen LogP contribution >= 0.6 is 12.2 Å². The van der Waals surface area contributed by atoms with Crippen molar-refractivity contribution in [1.29, 1.82) is 0 Å². The monoisotopic (exact) mass is 199 g/mol. The number of hydrogen-bond acceptors (Lipinski definition) is 3. The topological polar surface area (TPSA) is 35.6 Å². The molecule has 0 aliphatic carbocycles. The van der Waals surface area contributed by atoms with Crippen LogP contribution in [0.5, 0.6) is 0 Å². The molecule has 1 amide bonds. The highest BCUT2D eigenvalue weighted by Crippen LogP contribution is 2.09. The second kappa shape index (κ2) is 3.74. The number of hydrogen-bond donors (Lipinski definition) is 1. The number of thiocarbonyl (C=S) groups is 1. The highest BCUT2D eigenvalue weighted by Gasteiger charge is 2.29. The molecule has 0 aromatic rings. The molecule has 1 aliphatic heterocycles. The molecular formula is C8H13N3OS. The highest BCUT2D eigenvalue weighted by atomic mass is 32.1. The number of rotatable bonds is 2. The first-order valence-electron chi connectivity index (χ1n) is 4.07. The van der Waals surface area contributed by atoms with E-state index in [9.17, 15) is 4.79 Å². The van der Waals surface area contributed by atoms with E-state index in [0.29, 0.717) is 17.4 Å². The van der Waals surface area contributed by atoms with Gasteiger partial charge in [-0.2, -0.15) is 0 Å². The molecule has 0 radical (unpaired) electrons. The Hall–Kier alpha value is -1.10. The van der Waals surface area contributed by atoms with Crippen molar-refractivity contribution in [3.63, 3.8) is 0 Å². The molecule has 1 rings (SSSR count). The molecule has 0 atom stereocenters. The Kier molecular flexibility index (Phi) is 2.87. The van der Waals surface area contributed by atoms with E-state index < -0.39 is 0 Å². The molecule has 0 spiro atoms. The van der Waals surface area contributed by atoms with Crippen molar-refractivity contribution in [3.05, 3.63) is 11.9 Å². The van der Waals surface area contributed by atoms with Gasteiger partial charge in [0, 0.05) is 26.8 Å². The van der Waals surface area contributed by atoms with Gasteiger partial charge in [0.25, 0.3) is 5.91 Å². The summed E-state index contributed by atoms with van der Waals surface area (Å²) in [6.45, 7) is 2.50. The third-order valence-electron chi connectivity index (χ3n) is 1.67. The third kappa shape index (κ3) is 1.98. The van der Waals surface area contributed by atoms with Gasteiger partial charge in [0.15, 0.2) is 5.11 Å². The Bertz CT molecular complexity index is 273. The Balaban J connectivity index is 2.85. The van der Waals surface area contributed by atoms with Crippen LogP contribution in [-0.4, -0.2) is 41.5 Å². The van der Waals surface area contributed by atoms with Gasteiger partial charge in [-0.05, 0) is 19.1 Å². The second-order valence-electron chi connectivity index (χ2n) is 2.99. The van der Waals surface area contributed by atoms with Crippen LogP contribution in [0.1, 0.15) is 6.92 Å². The zero-order valence-electron chi connectivity index (χ0n) is 8.00. The molecule has 0 aromatic heterocycles. The minimum Gasteiger partial charge on any atom is -0.382 e. The first-order chi connectivity index (χ1) is 6.06. The normalized spacial score (nSPS) is 19.6. The molecule has 1 aliphatic rings. The zero-order chi connectivity index (χ0) is 10.0. The summed E-state index contributed by atoms with van der Waals surface area (Å²) in [5.74, 6) is -0.0544. The summed E-state index contributed by atoms with van der Waals surface area (Å²) in [4.78, 5) is 14.9. The molecule has 1 heterocycles. The molecule has 0 unspecified atom stereocenters. The van der Waals surface area contributed by atoms with Crippen LogP contribution in [0.25, 0.3) is 0 Å². The lowest BCUT2D eigenvalue weighted by Gasteiger charge is -2.09. The van der Waals surface area contributed by atoms with Crippen LogP contribution in [0.4, 0.5) is 0 Å². The second-order valence-corrected chi connectivity index (χ2v) is 3.37. The maximum atomic E-state index is 11.6. The van der Waals surface area contributed by atoms with Crippen molar-refractivity contribution in [2.24, 2.45) is 0 Å². The summed E-state index contributed by atoms with van der Waals surface area (Å²) >= 11 is 4.98. The average Bonchev–Trinajstić information content (AvgIpc) is 2.26. The van der Waals surface area contributed by atoms with Gasteiger partial charge in [-0.1, -0.05) is 0 Å². The minimum atomic E-state index is -0.0544. The van der Waals surface area contributed by atoms with Crippen molar-refractivity contribution in [2.75, 3.05) is 20.6 Å². The van der Waals surface area contributed by atoms with Gasteiger partial charge in [-0.25, -0.2) is 0 Å². The Morgan fingerprint density at radius 3 is 2.62 bits per heavy atom. The quantitative estimate of drug-likeness (QED) is 0.506. The van der Waals surface area contributed by atoms with Crippen molar-refractivity contribution >= 4 is 23.2 Å². The smallest absolute Gasteiger partial charge is 0.278 e. The van der Waals surface area contributed by atoms with E-state index in [1.165, 1.54) is 4.90 Å². The van der Waals surface area contributed by atoms with Crippen LogP contribution in [0, 0.1) is 0 Å². The summed E-state index contributed by atoms with van der Waals surface area (Å²) in [6.07, 6.45) is 1.73. The molecular weight excluding hydrogens is 186 g/mol. The molecule has 5 heteroatoms. The standard InChI is InChI=1S/C8H13N3OS/c1-4-11-7(12)6(5-10(2)3)9-8(11)13/h5H,4H2,1-3H3,(H,9,13)/b6-5-.